The maximum Gasteiger partial charge on any atom is 0.328 e. The molecule has 17 heavy (non-hydrogen) atoms. The Kier molecular flexibility index (Phi) is 3.51. The molecule has 2 rings (SSSR count). The summed E-state index contributed by atoms with van der Waals surface area (Å²) in [5.41, 5.74) is -0.821. The molecule has 0 radical (unpaired) electrons. The Labute approximate surface area is 102 Å². The van der Waals surface area contributed by atoms with Crippen LogP contribution >= 0.6 is 11.8 Å². The van der Waals surface area contributed by atoms with Crippen molar-refractivity contribution in [2.24, 2.45) is 0 Å². The monoisotopic (exact) mass is 254 g/mol. The molecule has 5 nitrogen and oxygen atoms in total. The zero-order valence-corrected chi connectivity index (χ0v) is 10.4. The molecule has 1 aliphatic rings. The smallest absolute Gasteiger partial charge is 0.313 e. The number of aromatic nitrogens is 2. The minimum Gasteiger partial charge on any atom is -0.313 e. The van der Waals surface area contributed by atoms with Gasteiger partial charge in [-0.1, -0.05) is 0 Å². The van der Waals surface area contributed by atoms with Gasteiger partial charge in [0, 0.05) is 12.2 Å². The maximum absolute atomic E-state index is 12.0. The van der Waals surface area contributed by atoms with Crippen molar-refractivity contribution < 1.29 is 4.79 Å². The molecule has 1 aliphatic heterocycles. The van der Waals surface area contributed by atoms with Gasteiger partial charge in [-0.3, -0.25) is 14.2 Å². The Balaban J connectivity index is 2.52. The molecule has 0 aliphatic carbocycles. The number of aromatic amines is 1. The normalized spacial score (nSPS) is 17.0. The molecule has 2 heterocycles. The Morgan fingerprint density at radius 1 is 1.41 bits per heavy atom. The van der Waals surface area contributed by atoms with Crippen LogP contribution in [0.1, 0.15) is 36.2 Å². The minimum atomic E-state index is -0.460. The molecule has 0 unspecified atom stereocenters. The quantitative estimate of drug-likeness (QED) is 0.793. The highest BCUT2D eigenvalue weighted by Gasteiger charge is 2.21. The highest BCUT2D eigenvalue weighted by molar-refractivity contribution is 7.99. The molecule has 0 bridgehead atoms. The third-order valence-electron chi connectivity index (χ3n) is 2.94. The predicted octanol–water partition coefficient (Wildman–Crippen LogP) is 0.807. The number of carbonyl (C=O) groups is 1. The lowest BCUT2D eigenvalue weighted by atomic mass is 10.1. The number of Topliss-reactive ketones (excluding diaryl/α,β-unsaturated/α-hetero) is 1. The summed E-state index contributed by atoms with van der Waals surface area (Å²) in [7, 11) is 0. The van der Waals surface area contributed by atoms with Gasteiger partial charge in [0.2, 0.25) is 0 Å². The van der Waals surface area contributed by atoms with E-state index in [0.717, 1.165) is 24.3 Å². The van der Waals surface area contributed by atoms with E-state index in [1.54, 1.807) is 0 Å². The summed E-state index contributed by atoms with van der Waals surface area (Å²) in [6, 6.07) is -0.0770. The van der Waals surface area contributed by atoms with Crippen LogP contribution in [0.5, 0.6) is 0 Å². The van der Waals surface area contributed by atoms with Crippen molar-refractivity contribution in [2.75, 3.05) is 11.5 Å². The first kappa shape index (κ1) is 12.2. The topological polar surface area (TPSA) is 71.9 Å². The van der Waals surface area contributed by atoms with Gasteiger partial charge in [-0.25, -0.2) is 4.79 Å². The van der Waals surface area contributed by atoms with Crippen molar-refractivity contribution in [1.82, 2.24) is 9.55 Å². The summed E-state index contributed by atoms with van der Waals surface area (Å²) in [6.07, 6.45) is 2.81. The van der Waals surface area contributed by atoms with Crippen LogP contribution in [0.15, 0.2) is 15.8 Å². The van der Waals surface area contributed by atoms with Gasteiger partial charge in [0.25, 0.3) is 5.56 Å². The summed E-state index contributed by atoms with van der Waals surface area (Å²) in [6.45, 7) is 1.33. The SMILES string of the molecule is CC(=O)c1c[nH]c(=O)n(C2CCSCC2)c1=O. The first-order chi connectivity index (χ1) is 8.11. The van der Waals surface area contributed by atoms with Crippen molar-refractivity contribution in [3.8, 4) is 0 Å². The number of thioether (sulfide) groups is 1. The van der Waals surface area contributed by atoms with Crippen LogP contribution in [0.4, 0.5) is 0 Å². The lowest BCUT2D eigenvalue weighted by molar-refractivity contribution is 0.101. The van der Waals surface area contributed by atoms with E-state index in [1.165, 1.54) is 17.7 Å². The summed E-state index contributed by atoms with van der Waals surface area (Å²) in [5, 5.41) is 0. The van der Waals surface area contributed by atoms with Crippen molar-refractivity contribution in [3.05, 3.63) is 32.6 Å². The molecule has 0 spiro atoms. The number of nitrogens with one attached hydrogen (secondary N) is 1. The molecule has 1 aromatic heterocycles. The van der Waals surface area contributed by atoms with E-state index in [0.29, 0.717) is 0 Å². The fraction of sp³-hybridized carbons (Fsp3) is 0.545. The van der Waals surface area contributed by atoms with Gasteiger partial charge in [0.05, 0.1) is 5.56 Å². The number of H-pyrrole nitrogens is 1. The number of hydrogen-bond acceptors (Lipinski definition) is 4. The number of rotatable bonds is 2. The largest absolute Gasteiger partial charge is 0.328 e. The second-order valence-electron chi connectivity index (χ2n) is 4.08. The Morgan fingerprint density at radius 2 is 2.06 bits per heavy atom. The van der Waals surface area contributed by atoms with Crippen LogP contribution in [-0.4, -0.2) is 26.8 Å². The highest BCUT2D eigenvalue weighted by atomic mass is 32.2. The molecule has 92 valence electrons. The molecule has 1 fully saturated rings. The van der Waals surface area contributed by atoms with Crippen LogP contribution < -0.4 is 11.2 Å². The molecule has 1 N–H and O–H groups in total. The zero-order valence-electron chi connectivity index (χ0n) is 9.56. The standard InChI is InChI=1S/C11H14N2O3S/c1-7(14)9-6-12-11(16)13(10(9)15)8-2-4-17-5-3-8/h6,8H,2-5H2,1H3,(H,12,16). The van der Waals surface area contributed by atoms with Crippen LogP contribution in [0.3, 0.4) is 0 Å². The Hall–Kier alpha value is -1.30. The van der Waals surface area contributed by atoms with Crippen molar-refractivity contribution >= 4 is 17.5 Å². The third kappa shape index (κ3) is 2.36. The van der Waals surface area contributed by atoms with E-state index in [9.17, 15) is 14.4 Å². The summed E-state index contributed by atoms with van der Waals surface area (Å²) in [5.74, 6) is 1.58. The molecule has 1 saturated heterocycles. The van der Waals surface area contributed by atoms with E-state index >= 15 is 0 Å². The predicted molar refractivity (Wildman–Crippen MR) is 66.9 cm³/mol. The molecule has 1 aromatic rings. The van der Waals surface area contributed by atoms with E-state index in [-0.39, 0.29) is 17.4 Å². The number of carbonyl (C=O) groups excluding carboxylic acids is 1. The van der Waals surface area contributed by atoms with Crippen LogP contribution in [0.2, 0.25) is 0 Å². The fourth-order valence-electron chi connectivity index (χ4n) is 2.01. The minimum absolute atomic E-state index is 0.0582. The van der Waals surface area contributed by atoms with E-state index < -0.39 is 11.2 Å². The van der Waals surface area contributed by atoms with Gasteiger partial charge >= 0.3 is 5.69 Å². The van der Waals surface area contributed by atoms with Gasteiger partial charge in [0.15, 0.2) is 5.78 Å². The van der Waals surface area contributed by atoms with Crippen LogP contribution in [0, 0.1) is 0 Å². The molecule has 6 heteroatoms. The number of hydrogen-bond donors (Lipinski definition) is 1. The average molecular weight is 254 g/mol. The van der Waals surface area contributed by atoms with E-state index in [1.807, 2.05) is 11.8 Å². The van der Waals surface area contributed by atoms with Gasteiger partial charge in [-0.2, -0.15) is 11.8 Å². The number of ketones is 1. The van der Waals surface area contributed by atoms with Gasteiger partial charge in [-0.15, -0.1) is 0 Å². The first-order valence-corrected chi connectivity index (χ1v) is 6.69. The molecule has 0 amide bonds. The summed E-state index contributed by atoms with van der Waals surface area (Å²) >= 11 is 1.82. The van der Waals surface area contributed by atoms with Crippen LogP contribution in [0.25, 0.3) is 0 Å². The highest BCUT2D eigenvalue weighted by Crippen LogP contribution is 2.24. The third-order valence-corrected chi connectivity index (χ3v) is 3.99. The lowest BCUT2D eigenvalue weighted by Gasteiger charge is -2.22. The molecule has 0 atom stereocenters. The lowest BCUT2D eigenvalue weighted by Crippen LogP contribution is -2.41. The van der Waals surface area contributed by atoms with Gasteiger partial charge in [-0.05, 0) is 31.3 Å². The second-order valence-corrected chi connectivity index (χ2v) is 5.31. The first-order valence-electron chi connectivity index (χ1n) is 5.54. The molecular formula is C11H14N2O3S. The van der Waals surface area contributed by atoms with Crippen LogP contribution in [-0.2, 0) is 0 Å². The maximum atomic E-state index is 12.0. The molecular weight excluding hydrogens is 240 g/mol. The van der Waals surface area contributed by atoms with Gasteiger partial charge in [0.1, 0.15) is 0 Å². The van der Waals surface area contributed by atoms with E-state index in [2.05, 4.69) is 4.98 Å². The molecule has 0 aromatic carbocycles. The van der Waals surface area contributed by atoms with Gasteiger partial charge < -0.3 is 4.98 Å². The van der Waals surface area contributed by atoms with E-state index in [4.69, 9.17) is 0 Å². The van der Waals surface area contributed by atoms with Crippen molar-refractivity contribution in [3.63, 3.8) is 0 Å². The zero-order chi connectivity index (χ0) is 12.4. The Morgan fingerprint density at radius 3 is 2.65 bits per heavy atom. The summed E-state index contributed by atoms with van der Waals surface area (Å²) in [4.78, 5) is 37.5. The second kappa shape index (κ2) is 4.91. The molecule has 0 saturated carbocycles. The number of nitrogens with zero attached hydrogens (tertiary/aromatic N) is 1. The average Bonchev–Trinajstić information content (AvgIpc) is 2.30. The Bertz CT molecular complexity index is 540. The van der Waals surface area contributed by atoms with Crippen molar-refractivity contribution in [2.45, 2.75) is 25.8 Å². The fourth-order valence-corrected chi connectivity index (χ4v) is 3.10. The summed E-state index contributed by atoms with van der Waals surface area (Å²) < 4.78 is 1.20. The van der Waals surface area contributed by atoms with Crippen molar-refractivity contribution in [1.29, 1.82) is 0 Å².